The van der Waals surface area contributed by atoms with Crippen molar-refractivity contribution in [2.45, 2.75) is 6.54 Å². The Hall–Kier alpha value is -1.43. The van der Waals surface area contributed by atoms with Gasteiger partial charge in [0.1, 0.15) is 0 Å². The van der Waals surface area contributed by atoms with Gasteiger partial charge in [-0.05, 0) is 24.3 Å². The Bertz CT molecular complexity index is 534. The molecule has 0 saturated carbocycles. The molecular formula is C13H15ClN4O. The first-order chi connectivity index (χ1) is 9.31. The second-order valence-corrected chi connectivity index (χ2v) is 4.98. The van der Waals surface area contributed by atoms with Crippen molar-refractivity contribution in [1.29, 1.82) is 0 Å². The first-order valence-electron chi connectivity index (χ1n) is 6.33. The van der Waals surface area contributed by atoms with Gasteiger partial charge in [-0.25, -0.2) is 0 Å². The standard InChI is InChI=1S/C13H15ClN4O/c14-11-3-1-10(2-4-11)13-16-12(19-17-13)9-18-7-5-15-6-8-18/h1-4,15H,5-9H2. The fraction of sp³-hybridized carbons (Fsp3) is 0.385. The molecule has 5 nitrogen and oxygen atoms in total. The summed E-state index contributed by atoms with van der Waals surface area (Å²) < 4.78 is 5.30. The monoisotopic (exact) mass is 278 g/mol. The van der Waals surface area contributed by atoms with Crippen LogP contribution in [-0.4, -0.2) is 41.2 Å². The average Bonchev–Trinajstić information content (AvgIpc) is 2.89. The summed E-state index contributed by atoms with van der Waals surface area (Å²) in [7, 11) is 0. The molecule has 0 spiro atoms. The van der Waals surface area contributed by atoms with Crippen LogP contribution in [0.25, 0.3) is 11.4 Å². The maximum atomic E-state index is 5.86. The second-order valence-electron chi connectivity index (χ2n) is 4.54. The molecule has 1 aromatic heterocycles. The van der Waals surface area contributed by atoms with Gasteiger partial charge >= 0.3 is 0 Å². The van der Waals surface area contributed by atoms with Crippen LogP contribution in [0, 0.1) is 0 Å². The first-order valence-corrected chi connectivity index (χ1v) is 6.71. The van der Waals surface area contributed by atoms with Gasteiger partial charge in [0.15, 0.2) is 0 Å². The SMILES string of the molecule is Clc1ccc(-c2noc(CN3CCNCC3)n2)cc1. The van der Waals surface area contributed by atoms with E-state index in [4.69, 9.17) is 16.1 Å². The molecule has 0 amide bonds. The van der Waals surface area contributed by atoms with Gasteiger partial charge in [0.2, 0.25) is 11.7 Å². The highest BCUT2D eigenvalue weighted by Gasteiger charge is 2.14. The Labute approximate surface area is 116 Å². The van der Waals surface area contributed by atoms with E-state index < -0.39 is 0 Å². The van der Waals surface area contributed by atoms with E-state index in [1.165, 1.54) is 0 Å². The Kier molecular flexibility index (Phi) is 3.77. The molecule has 1 aliphatic heterocycles. The minimum atomic E-state index is 0.613. The molecule has 0 bridgehead atoms. The summed E-state index contributed by atoms with van der Waals surface area (Å²) in [5.74, 6) is 1.27. The van der Waals surface area contributed by atoms with Crippen LogP contribution in [0.3, 0.4) is 0 Å². The topological polar surface area (TPSA) is 54.2 Å². The van der Waals surface area contributed by atoms with Crippen LogP contribution in [0.1, 0.15) is 5.89 Å². The third-order valence-electron chi connectivity index (χ3n) is 3.14. The zero-order chi connectivity index (χ0) is 13.1. The molecule has 1 fully saturated rings. The molecule has 100 valence electrons. The predicted octanol–water partition coefficient (Wildman–Crippen LogP) is 1.80. The summed E-state index contributed by atoms with van der Waals surface area (Å²) in [5, 5.41) is 8.03. The molecule has 3 rings (SSSR count). The number of halogens is 1. The number of benzene rings is 1. The van der Waals surface area contributed by atoms with Gasteiger partial charge in [-0.1, -0.05) is 16.8 Å². The highest BCUT2D eigenvalue weighted by atomic mass is 35.5. The van der Waals surface area contributed by atoms with Gasteiger partial charge in [-0.15, -0.1) is 0 Å². The van der Waals surface area contributed by atoms with Crippen molar-refractivity contribution in [2.75, 3.05) is 26.2 Å². The zero-order valence-electron chi connectivity index (χ0n) is 10.5. The number of hydrogen-bond donors (Lipinski definition) is 1. The van der Waals surface area contributed by atoms with Crippen LogP contribution >= 0.6 is 11.6 Å². The number of aromatic nitrogens is 2. The number of nitrogens with one attached hydrogen (secondary N) is 1. The van der Waals surface area contributed by atoms with Crippen molar-refractivity contribution >= 4 is 11.6 Å². The average molecular weight is 279 g/mol. The van der Waals surface area contributed by atoms with Crippen molar-refractivity contribution in [2.24, 2.45) is 0 Å². The maximum Gasteiger partial charge on any atom is 0.241 e. The lowest BCUT2D eigenvalue weighted by Gasteiger charge is -2.25. The molecule has 1 aromatic carbocycles. The van der Waals surface area contributed by atoms with Gasteiger partial charge in [0.05, 0.1) is 6.54 Å². The zero-order valence-corrected chi connectivity index (χ0v) is 11.2. The fourth-order valence-electron chi connectivity index (χ4n) is 2.10. The van der Waals surface area contributed by atoms with E-state index in [1.807, 2.05) is 24.3 Å². The minimum absolute atomic E-state index is 0.613. The van der Waals surface area contributed by atoms with Gasteiger partial charge in [0, 0.05) is 36.8 Å². The number of rotatable bonds is 3. The molecule has 0 radical (unpaired) electrons. The fourth-order valence-corrected chi connectivity index (χ4v) is 2.22. The Morgan fingerprint density at radius 2 is 1.95 bits per heavy atom. The lowest BCUT2D eigenvalue weighted by atomic mass is 10.2. The van der Waals surface area contributed by atoms with Crippen LogP contribution in [0.4, 0.5) is 0 Å². The van der Waals surface area contributed by atoms with Crippen LogP contribution in [0.2, 0.25) is 5.02 Å². The Balaban J connectivity index is 1.70. The van der Waals surface area contributed by atoms with Gasteiger partial charge < -0.3 is 9.84 Å². The smallest absolute Gasteiger partial charge is 0.241 e. The van der Waals surface area contributed by atoms with E-state index in [0.29, 0.717) is 23.3 Å². The van der Waals surface area contributed by atoms with E-state index >= 15 is 0 Å². The number of hydrogen-bond acceptors (Lipinski definition) is 5. The van der Waals surface area contributed by atoms with Crippen molar-refractivity contribution < 1.29 is 4.52 Å². The van der Waals surface area contributed by atoms with Crippen molar-refractivity contribution in [3.8, 4) is 11.4 Å². The highest BCUT2D eigenvalue weighted by molar-refractivity contribution is 6.30. The van der Waals surface area contributed by atoms with E-state index in [0.717, 1.165) is 31.7 Å². The molecule has 0 aliphatic carbocycles. The molecule has 0 atom stereocenters. The summed E-state index contributed by atoms with van der Waals surface area (Å²) >= 11 is 5.86. The third-order valence-corrected chi connectivity index (χ3v) is 3.39. The van der Waals surface area contributed by atoms with E-state index in [2.05, 4.69) is 20.4 Å². The maximum absolute atomic E-state index is 5.86. The summed E-state index contributed by atoms with van der Waals surface area (Å²) in [6.45, 7) is 4.76. The number of nitrogens with zero attached hydrogens (tertiary/aromatic N) is 3. The van der Waals surface area contributed by atoms with Crippen LogP contribution < -0.4 is 5.32 Å². The highest BCUT2D eigenvalue weighted by Crippen LogP contribution is 2.19. The molecule has 0 unspecified atom stereocenters. The summed E-state index contributed by atoms with van der Waals surface area (Å²) in [5.41, 5.74) is 0.916. The normalized spacial score (nSPS) is 16.7. The van der Waals surface area contributed by atoms with Gasteiger partial charge in [-0.3, -0.25) is 4.90 Å². The predicted molar refractivity (Wildman–Crippen MR) is 72.9 cm³/mol. The van der Waals surface area contributed by atoms with Crippen LogP contribution in [0.15, 0.2) is 28.8 Å². The van der Waals surface area contributed by atoms with E-state index in [1.54, 1.807) is 0 Å². The summed E-state index contributed by atoms with van der Waals surface area (Å²) in [6, 6.07) is 7.43. The molecule has 19 heavy (non-hydrogen) atoms. The summed E-state index contributed by atoms with van der Waals surface area (Å²) in [4.78, 5) is 6.72. The molecule has 6 heteroatoms. The lowest BCUT2D eigenvalue weighted by Crippen LogP contribution is -2.42. The molecule has 1 N–H and O–H groups in total. The Morgan fingerprint density at radius 1 is 1.21 bits per heavy atom. The molecule has 1 aliphatic rings. The number of piperazine rings is 1. The van der Waals surface area contributed by atoms with Crippen LogP contribution in [0.5, 0.6) is 0 Å². The van der Waals surface area contributed by atoms with Crippen molar-refractivity contribution in [1.82, 2.24) is 20.4 Å². The Morgan fingerprint density at radius 3 is 2.68 bits per heavy atom. The molecular weight excluding hydrogens is 264 g/mol. The quantitative estimate of drug-likeness (QED) is 0.928. The van der Waals surface area contributed by atoms with Gasteiger partial charge in [0.25, 0.3) is 0 Å². The minimum Gasteiger partial charge on any atom is -0.338 e. The lowest BCUT2D eigenvalue weighted by molar-refractivity contribution is 0.203. The molecule has 1 saturated heterocycles. The second kappa shape index (κ2) is 5.69. The molecule has 2 aromatic rings. The third kappa shape index (κ3) is 3.12. The van der Waals surface area contributed by atoms with Crippen molar-refractivity contribution in [3.05, 3.63) is 35.2 Å². The van der Waals surface area contributed by atoms with Gasteiger partial charge in [-0.2, -0.15) is 4.98 Å². The van der Waals surface area contributed by atoms with Crippen molar-refractivity contribution in [3.63, 3.8) is 0 Å². The van der Waals surface area contributed by atoms with E-state index in [9.17, 15) is 0 Å². The largest absolute Gasteiger partial charge is 0.338 e. The first kappa shape index (κ1) is 12.6. The summed E-state index contributed by atoms with van der Waals surface area (Å²) in [6.07, 6.45) is 0. The van der Waals surface area contributed by atoms with Crippen LogP contribution in [-0.2, 0) is 6.54 Å². The van der Waals surface area contributed by atoms with E-state index in [-0.39, 0.29) is 0 Å². The molecule has 2 heterocycles.